The van der Waals surface area contributed by atoms with E-state index in [0.29, 0.717) is 34.8 Å². The Balaban J connectivity index is 1.45. The molecule has 154 valence electrons. The molecule has 0 aliphatic carbocycles. The maximum absolute atomic E-state index is 12.4. The second-order valence-corrected chi connectivity index (χ2v) is 7.26. The van der Waals surface area contributed by atoms with E-state index in [0.717, 1.165) is 16.1 Å². The molecule has 30 heavy (non-hydrogen) atoms. The number of benzene rings is 2. The Morgan fingerprint density at radius 1 is 1.10 bits per heavy atom. The Hall–Kier alpha value is -3.46. The van der Waals surface area contributed by atoms with Crippen molar-refractivity contribution in [1.82, 2.24) is 20.0 Å². The number of aromatic nitrogens is 4. The highest BCUT2D eigenvalue weighted by Gasteiger charge is 2.13. The Morgan fingerprint density at radius 3 is 2.70 bits per heavy atom. The van der Waals surface area contributed by atoms with Crippen molar-refractivity contribution in [3.05, 3.63) is 53.0 Å². The minimum absolute atomic E-state index is 0.0856. The van der Waals surface area contributed by atoms with Gasteiger partial charge in [-0.3, -0.25) is 0 Å². The van der Waals surface area contributed by atoms with Gasteiger partial charge in [-0.25, -0.2) is 14.5 Å². The Morgan fingerprint density at radius 2 is 1.93 bits per heavy atom. The third-order valence-electron chi connectivity index (χ3n) is 4.58. The molecule has 0 saturated carbocycles. The zero-order chi connectivity index (χ0) is 21.1. The van der Waals surface area contributed by atoms with Crippen molar-refractivity contribution in [3.63, 3.8) is 0 Å². The quantitative estimate of drug-likeness (QED) is 0.415. The molecule has 8 nitrogen and oxygen atoms in total. The maximum Gasteiger partial charge on any atom is 0.338 e. The summed E-state index contributed by atoms with van der Waals surface area (Å²) in [7, 11) is 3.19. The van der Waals surface area contributed by atoms with E-state index in [9.17, 15) is 4.79 Å². The van der Waals surface area contributed by atoms with Crippen LogP contribution < -0.4 is 9.47 Å². The minimum Gasteiger partial charge on any atom is -0.493 e. The summed E-state index contributed by atoms with van der Waals surface area (Å²) in [5, 5.41) is 10.8. The number of thiazole rings is 1. The molecular formula is C21H20N4O4S. The minimum atomic E-state index is -0.427. The second kappa shape index (κ2) is 8.50. The summed E-state index contributed by atoms with van der Waals surface area (Å²) in [6.07, 6.45) is 0. The summed E-state index contributed by atoms with van der Waals surface area (Å²) in [6.45, 7) is 2.79. The monoisotopic (exact) mass is 424 g/mol. The molecule has 0 fully saturated rings. The molecule has 0 N–H and O–H groups in total. The molecule has 0 atom stereocenters. The lowest BCUT2D eigenvalue weighted by Crippen LogP contribution is -2.05. The predicted octanol–water partition coefficient (Wildman–Crippen LogP) is 3.95. The predicted molar refractivity (Wildman–Crippen MR) is 113 cm³/mol. The van der Waals surface area contributed by atoms with Crippen LogP contribution in [0.15, 0.2) is 41.8 Å². The Kier molecular flexibility index (Phi) is 5.62. The number of fused-ring (bicyclic) bond motifs is 1. The number of methoxy groups -OCH3 is 2. The lowest BCUT2D eigenvalue weighted by atomic mass is 10.2. The van der Waals surface area contributed by atoms with Crippen LogP contribution in [0.25, 0.3) is 21.6 Å². The smallest absolute Gasteiger partial charge is 0.338 e. The molecule has 9 heteroatoms. The molecule has 0 aliphatic heterocycles. The maximum atomic E-state index is 12.4. The molecule has 0 unspecified atom stereocenters. The number of hydrogen-bond acceptors (Lipinski definition) is 8. The fourth-order valence-electron chi connectivity index (χ4n) is 3.03. The van der Waals surface area contributed by atoms with E-state index < -0.39 is 5.97 Å². The fourth-order valence-corrected chi connectivity index (χ4v) is 3.83. The summed E-state index contributed by atoms with van der Waals surface area (Å²) >= 11 is 1.47. The molecule has 4 aromatic rings. The van der Waals surface area contributed by atoms with Crippen LogP contribution in [0, 0.1) is 0 Å². The molecule has 0 amide bonds. The van der Waals surface area contributed by atoms with E-state index in [1.807, 2.05) is 36.6 Å². The van der Waals surface area contributed by atoms with E-state index in [1.54, 1.807) is 31.0 Å². The number of aryl methyl sites for hydroxylation is 1. The van der Waals surface area contributed by atoms with Gasteiger partial charge in [-0.1, -0.05) is 5.21 Å². The summed E-state index contributed by atoms with van der Waals surface area (Å²) in [5.74, 6) is 0.861. The van der Waals surface area contributed by atoms with E-state index >= 15 is 0 Å². The largest absolute Gasteiger partial charge is 0.493 e. The first kappa shape index (κ1) is 19.8. The molecule has 0 radical (unpaired) electrons. The van der Waals surface area contributed by atoms with Gasteiger partial charge in [-0.15, -0.1) is 16.4 Å². The molecule has 2 aromatic carbocycles. The average molecular weight is 424 g/mol. The molecule has 0 aliphatic rings. The summed E-state index contributed by atoms with van der Waals surface area (Å²) in [6, 6.07) is 10.8. The van der Waals surface area contributed by atoms with Crippen LogP contribution in [0.3, 0.4) is 0 Å². The highest BCUT2D eigenvalue weighted by atomic mass is 32.1. The lowest BCUT2D eigenvalue weighted by molar-refractivity contribution is 0.0468. The fraction of sp³-hybridized carbons (Fsp3) is 0.238. The van der Waals surface area contributed by atoms with Gasteiger partial charge in [0.05, 0.1) is 31.0 Å². The van der Waals surface area contributed by atoms with Gasteiger partial charge in [-0.2, -0.15) is 0 Å². The van der Waals surface area contributed by atoms with Gasteiger partial charge < -0.3 is 14.2 Å². The van der Waals surface area contributed by atoms with Crippen molar-refractivity contribution in [1.29, 1.82) is 0 Å². The van der Waals surface area contributed by atoms with Crippen LogP contribution in [-0.4, -0.2) is 40.2 Å². The summed E-state index contributed by atoms with van der Waals surface area (Å²) in [5.41, 5.74) is 3.56. The standard InChI is InChI=1S/C21H20N4O4S/c1-4-25-17-7-5-14(9-16(17)23-24-25)21(26)29-11-15-12-30-20(22-15)13-6-8-18(27-2)19(10-13)28-3/h5-10,12H,4,11H2,1-3H3. The van der Waals surface area contributed by atoms with Gasteiger partial charge in [-0.05, 0) is 43.3 Å². The summed E-state index contributed by atoms with van der Waals surface area (Å²) < 4.78 is 17.8. The Labute approximate surface area is 177 Å². The normalized spacial score (nSPS) is 10.9. The molecular weight excluding hydrogens is 404 g/mol. The number of hydrogen-bond donors (Lipinski definition) is 0. The zero-order valence-corrected chi connectivity index (χ0v) is 17.6. The third kappa shape index (κ3) is 3.84. The highest BCUT2D eigenvalue weighted by molar-refractivity contribution is 7.13. The van der Waals surface area contributed by atoms with Gasteiger partial charge in [0.15, 0.2) is 11.5 Å². The number of esters is 1. The van der Waals surface area contributed by atoms with Crippen molar-refractivity contribution in [2.75, 3.05) is 14.2 Å². The van der Waals surface area contributed by atoms with Crippen LogP contribution in [-0.2, 0) is 17.9 Å². The molecule has 2 heterocycles. The van der Waals surface area contributed by atoms with Crippen molar-refractivity contribution in [2.45, 2.75) is 20.1 Å². The van der Waals surface area contributed by atoms with Crippen LogP contribution in [0.5, 0.6) is 11.5 Å². The first-order chi connectivity index (χ1) is 14.6. The number of rotatable bonds is 7. The first-order valence-corrected chi connectivity index (χ1v) is 10.2. The van der Waals surface area contributed by atoms with Crippen molar-refractivity contribution < 1.29 is 19.0 Å². The van der Waals surface area contributed by atoms with Crippen molar-refractivity contribution >= 4 is 28.3 Å². The van der Waals surface area contributed by atoms with Gasteiger partial charge in [0, 0.05) is 17.5 Å². The van der Waals surface area contributed by atoms with Gasteiger partial charge in [0.25, 0.3) is 0 Å². The SMILES string of the molecule is CCn1nnc2cc(C(=O)OCc3csc(-c4ccc(OC)c(OC)c4)n3)ccc21. The molecule has 0 spiro atoms. The van der Waals surface area contributed by atoms with Gasteiger partial charge >= 0.3 is 5.97 Å². The molecule has 2 aromatic heterocycles. The van der Waals surface area contributed by atoms with Gasteiger partial charge in [0.2, 0.25) is 0 Å². The third-order valence-corrected chi connectivity index (χ3v) is 5.52. The van der Waals surface area contributed by atoms with Crippen LogP contribution >= 0.6 is 11.3 Å². The van der Waals surface area contributed by atoms with Crippen LogP contribution in [0.4, 0.5) is 0 Å². The first-order valence-electron chi connectivity index (χ1n) is 9.30. The van der Waals surface area contributed by atoms with E-state index in [4.69, 9.17) is 14.2 Å². The zero-order valence-electron chi connectivity index (χ0n) is 16.8. The average Bonchev–Trinajstić information content (AvgIpc) is 3.43. The van der Waals surface area contributed by atoms with E-state index in [2.05, 4.69) is 15.3 Å². The molecule has 0 saturated heterocycles. The molecule has 0 bridgehead atoms. The summed E-state index contributed by atoms with van der Waals surface area (Å²) in [4.78, 5) is 17.0. The van der Waals surface area contributed by atoms with E-state index in [-0.39, 0.29) is 6.61 Å². The second-order valence-electron chi connectivity index (χ2n) is 6.40. The van der Waals surface area contributed by atoms with Crippen molar-refractivity contribution in [3.8, 4) is 22.1 Å². The number of carbonyl (C=O) groups excluding carboxylic acids is 1. The number of ether oxygens (including phenoxy) is 3. The van der Waals surface area contributed by atoms with Crippen LogP contribution in [0.2, 0.25) is 0 Å². The van der Waals surface area contributed by atoms with Crippen molar-refractivity contribution in [2.24, 2.45) is 0 Å². The number of carbonyl (C=O) groups is 1. The number of nitrogens with zero attached hydrogens (tertiary/aromatic N) is 4. The van der Waals surface area contributed by atoms with Gasteiger partial charge in [0.1, 0.15) is 17.1 Å². The Bertz CT molecular complexity index is 1200. The lowest BCUT2D eigenvalue weighted by Gasteiger charge is -2.08. The topological polar surface area (TPSA) is 88.4 Å². The highest BCUT2D eigenvalue weighted by Crippen LogP contribution is 2.33. The van der Waals surface area contributed by atoms with Crippen LogP contribution in [0.1, 0.15) is 23.0 Å². The molecule has 4 rings (SSSR count). The van der Waals surface area contributed by atoms with E-state index in [1.165, 1.54) is 11.3 Å².